The summed E-state index contributed by atoms with van der Waals surface area (Å²) in [5.41, 5.74) is -0.0259. The van der Waals surface area contributed by atoms with E-state index in [1.54, 1.807) is 0 Å². The van der Waals surface area contributed by atoms with Crippen LogP contribution in [0.5, 0.6) is 0 Å². The van der Waals surface area contributed by atoms with E-state index in [1.165, 1.54) is 44.9 Å². The fourth-order valence-corrected chi connectivity index (χ4v) is 3.77. The molecule has 0 rings (SSSR count). The van der Waals surface area contributed by atoms with Gasteiger partial charge in [0.25, 0.3) is 0 Å². The zero-order chi connectivity index (χ0) is 19.0. The van der Waals surface area contributed by atoms with Crippen molar-refractivity contribution in [2.24, 2.45) is 0 Å². The van der Waals surface area contributed by atoms with Gasteiger partial charge < -0.3 is 9.47 Å². The van der Waals surface area contributed by atoms with Gasteiger partial charge in [0.15, 0.2) is 6.29 Å². The third-order valence-electron chi connectivity index (χ3n) is 5.21. The maximum Gasteiger partial charge on any atom is 0.159 e. The van der Waals surface area contributed by atoms with Gasteiger partial charge in [0.2, 0.25) is 0 Å². The molecule has 0 saturated heterocycles. The second-order valence-electron chi connectivity index (χ2n) is 6.90. The highest BCUT2D eigenvalue weighted by molar-refractivity contribution is 5.04. The van der Waals surface area contributed by atoms with E-state index in [0.717, 1.165) is 25.9 Å². The molecule has 0 bridgehead atoms. The van der Waals surface area contributed by atoms with E-state index in [4.69, 9.17) is 9.47 Å². The molecule has 0 amide bonds. The Morgan fingerprint density at radius 3 is 1.80 bits per heavy atom. The summed E-state index contributed by atoms with van der Waals surface area (Å²) < 4.78 is 11.7. The maximum absolute atomic E-state index is 5.85. The summed E-state index contributed by atoms with van der Waals surface area (Å²) in [6, 6.07) is 0. The van der Waals surface area contributed by atoms with Crippen LogP contribution in [0.1, 0.15) is 92.4 Å². The van der Waals surface area contributed by atoms with Gasteiger partial charge in [0.1, 0.15) is 0 Å². The molecular formula is C22H45NO2. The first-order valence-corrected chi connectivity index (χ1v) is 10.8. The molecular weight excluding hydrogens is 310 g/mol. The molecule has 0 spiro atoms. The van der Waals surface area contributed by atoms with Gasteiger partial charge in [0.05, 0.1) is 0 Å². The van der Waals surface area contributed by atoms with Gasteiger partial charge in [0, 0.05) is 25.2 Å². The van der Waals surface area contributed by atoms with Crippen LogP contribution >= 0.6 is 0 Å². The van der Waals surface area contributed by atoms with Gasteiger partial charge in [-0.1, -0.05) is 71.8 Å². The lowest BCUT2D eigenvalue weighted by Gasteiger charge is -2.43. The molecule has 0 N–H and O–H groups in total. The average molecular weight is 356 g/mol. The first-order valence-electron chi connectivity index (χ1n) is 10.8. The largest absolute Gasteiger partial charge is 0.353 e. The van der Waals surface area contributed by atoms with E-state index in [9.17, 15) is 0 Å². The minimum absolute atomic E-state index is 0.0259. The molecule has 0 saturated carbocycles. The van der Waals surface area contributed by atoms with Gasteiger partial charge in [-0.25, -0.2) is 0 Å². The minimum atomic E-state index is -0.141. The van der Waals surface area contributed by atoms with Gasteiger partial charge >= 0.3 is 0 Å². The summed E-state index contributed by atoms with van der Waals surface area (Å²) in [5, 5.41) is 0. The Morgan fingerprint density at radius 2 is 1.36 bits per heavy atom. The van der Waals surface area contributed by atoms with Crippen LogP contribution in [0.4, 0.5) is 0 Å². The third kappa shape index (κ3) is 9.77. The van der Waals surface area contributed by atoms with Crippen molar-refractivity contribution in [2.45, 2.75) is 104 Å². The molecule has 0 heterocycles. The summed E-state index contributed by atoms with van der Waals surface area (Å²) >= 11 is 0. The molecule has 150 valence electrons. The van der Waals surface area contributed by atoms with E-state index in [-0.39, 0.29) is 11.8 Å². The predicted octanol–water partition coefficient (Wildman–Crippen LogP) is 6.18. The number of rotatable bonds is 18. The zero-order valence-corrected chi connectivity index (χ0v) is 17.8. The molecule has 3 heteroatoms. The van der Waals surface area contributed by atoms with Crippen molar-refractivity contribution in [1.82, 2.24) is 4.90 Å². The smallest absolute Gasteiger partial charge is 0.159 e. The van der Waals surface area contributed by atoms with Crippen LogP contribution in [0.15, 0.2) is 12.7 Å². The van der Waals surface area contributed by atoms with Gasteiger partial charge in [-0.05, 0) is 33.4 Å². The van der Waals surface area contributed by atoms with Crippen LogP contribution in [0.25, 0.3) is 0 Å². The van der Waals surface area contributed by atoms with E-state index in [1.807, 2.05) is 13.8 Å². The number of nitrogens with zero attached hydrogens (tertiary/aromatic N) is 1. The Bertz CT molecular complexity index is 298. The van der Waals surface area contributed by atoms with Crippen LogP contribution in [0.2, 0.25) is 0 Å². The number of likely N-dealkylation sites (N-methyl/N-ethyl adjacent to an activating group) is 1. The number of ether oxygens (including phenoxy) is 2. The number of hydrogen-bond acceptors (Lipinski definition) is 3. The molecule has 0 fully saturated rings. The van der Waals surface area contributed by atoms with E-state index in [2.05, 4.69) is 38.3 Å². The van der Waals surface area contributed by atoms with E-state index < -0.39 is 0 Å². The van der Waals surface area contributed by atoms with E-state index >= 15 is 0 Å². The highest BCUT2D eigenvalue weighted by Gasteiger charge is 2.35. The van der Waals surface area contributed by atoms with Gasteiger partial charge in [-0.3, -0.25) is 4.90 Å². The monoisotopic (exact) mass is 355 g/mol. The molecule has 0 aromatic carbocycles. The minimum Gasteiger partial charge on any atom is -0.353 e. The standard InChI is InChI=1S/C22H45NO2/c1-7-13-14-15-16-17-18-19-22(8-2,23(9-3)10-4)20-21(24-11-5)25-12-6/h8,21H,2,7,9-20H2,1,3-6H3. The molecule has 0 aromatic heterocycles. The second-order valence-corrected chi connectivity index (χ2v) is 6.90. The topological polar surface area (TPSA) is 21.7 Å². The summed E-state index contributed by atoms with van der Waals surface area (Å²) in [4.78, 5) is 2.53. The highest BCUT2D eigenvalue weighted by Crippen LogP contribution is 2.31. The van der Waals surface area contributed by atoms with Crippen molar-refractivity contribution in [3.05, 3.63) is 12.7 Å². The molecule has 3 nitrogen and oxygen atoms in total. The lowest BCUT2D eigenvalue weighted by molar-refractivity contribution is -0.155. The molecule has 0 aliphatic rings. The Labute approximate surface area is 158 Å². The lowest BCUT2D eigenvalue weighted by atomic mass is 9.86. The van der Waals surface area contributed by atoms with Crippen LogP contribution in [0.3, 0.4) is 0 Å². The fourth-order valence-electron chi connectivity index (χ4n) is 3.77. The molecule has 0 aliphatic carbocycles. The SMILES string of the molecule is C=CC(CCCCCCCCC)(CC(OCC)OCC)N(CC)CC. The Hall–Kier alpha value is -0.380. The summed E-state index contributed by atoms with van der Waals surface area (Å²) in [7, 11) is 0. The summed E-state index contributed by atoms with van der Waals surface area (Å²) in [6.07, 6.45) is 13.4. The van der Waals surface area contributed by atoms with Crippen LogP contribution in [-0.2, 0) is 9.47 Å². The number of unbranched alkanes of at least 4 members (excludes halogenated alkanes) is 6. The van der Waals surface area contributed by atoms with Gasteiger partial charge in [-0.2, -0.15) is 0 Å². The Balaban J connectivity index is 4.78. The maximum atomic E-state index is 5.85. The third-order valence-corrected chi connectivity index (χ3v) is 5.21. The number of hydrogen-bond donors (Lipinski definition) is 0. The Kier molecular flexibility index (Phi) is 15.6. The summed E-state index contributed by atoms with van der Waals surface area (Å²) in [6.45, 7) is 18.5. The van der Waals surface area contributed by atoms with Crippen molar-refractivity contribution >= 4 is 0 Å². The Morgan fingerprint density at radius 1 is 0.840 bits per heavy atom. The first kappa shape index (κ1) is 24.6. The zero-order valence-electron chi connectivity index (χ0n) is 17.8. The fraction of sp³-hybridized carbons (Fsp3) is 0.909. The van der Waals surface area contributed by atoms with Crippen molar-refractivity contribution in [3.63, 3.8) is 0 Å². The summed E-state index contributed by atoms with van der Waals surface area (Å²) in [5.74, 6) is 0. The highest BCUT2D eigenvalue weighted by atomic mass is 16.7. The second kappa shape index (κ2) is 15.8. The van der Waals surface area contributed by atoms with Gasteiger partial charge in [-0.15, -0.1) is 6.58 Å². The lowest BCUT2D eigenvalue weighted by Crippen LogP contribution is -2.50. The van der Waals surface area contributed by atoms with E-state index in [0.29, 0.717) is 13.2 Å². The molecule has 25 heavy (non-hydrogen) atoms. The van der Waals surface area contributed by atoms with Crippen LogP contribution < -0.4 is 0 Å². The average Bonchev–Trinajstić information content (AvgIpc) is 2.62. The molecule has 1 unspecified atom stereocenters. The quantitative estimate of drug-likeness (QED) is 0.166. The molecule has 0 aromatic rings. The first-order chi connectivity index (χ1) is 12.1. The normalized spacial score (nSPS) is 14.2. The van der Waals surface area contributed by atoms with Crippen LogP contribution in [-0.4, -0.2) is 43.0 Å². The van der Waals surface area contributed by atoms with Crippen molar-refractivity contribution in [1.29, 1.82) is 0 Å². The predicted molar refractivity (Wildman–Crippen MR) is 110 cm³/mol. The molecule has 0 radical (unpaired) electrons. The van der Waals surface area contributed by atoms with Crippen molar-refractivity contribution in [2.75, 3.05) is 26.3 Å². The molecule has 0 aliphatic heterocycles. The van der Waals surface area contributed by atoms with Crippen molar-refractivity contribution in [3.8, 4) is 0 Å². The van der Waals surface area contributed by atoms with Crippen LogP contribution in [0, 0.1) is 0 Å². The molecule has 1 atom stereocenters. The van der Waals surface area contributed by atoms with Crippen molar-refractivity contribution < 1.29 is 9.47 Å².